The first-order chi connectivity index (χ1) is 22.4. The van der Waals surface area contributed by atoms with Gasteiger partial charge in [0, 0.05) is 56.3 Å². The summed E-state index contributed by atoms with van der Waals surface area (Å²) in [6.45, 7) is 5.64. The number of amides is 2. The summed E-state index contributed by atoms with van der Waals surface area (Å²) in [5.74, 6) is -1.36. The summed E-state index contributed by atoms with van der Waals surface area (Å²) in [5, 5.41) is 13.0. The van der Waals surface area contributed by atoms with Crippen LogP contribution in [0.5, 0.6) is 5.75 Å². The van der Waals surface area contributed by atoms with Crippen LogP contribution in [-0.4, -0.2) is 91.1 Å². The van der Waals surface area contributed by atoms with Crippen LogP contribution in [0.25, 0.3) is 0 Å². The van der Waals surface area contributed by atoms with Gasteiger partial charge in [0.2, 0.25) is 10.0 Å². The smallest absolute Gasteiger partial charge is 0.258 e. The second kappa shape index (κ2) is 16.3. The number of carbonyl (C=O) groups excluding carboxylic acids is 2. The Bertz CT molecular complexity index is 1610. The average molecular weight is 671 g/mol. The van der Waals surface area contributed by atoms with E-state index in [0.717, 1.165) is 18.6 Å². The highest BCUT2D eigenvalue weighted by Crippen LogP contribution is 2.29. The molecule has 1 aliphatic rings. The Balaban J connectivity index is 1.65. The van der Waals surface area contributed by atoms with Crippen molar-refractivity contribution >= 4 is 27.5 Å². The number of aliphatic hydroxyl groups is 1. The molecule has 2 amide bonds. The molecule has 0 saturated carbocycles. The highest BCUT2D eigenvalue weighted by molar-refractivity contribution is 7.89. The van der Waals surface area contributed by atoms with Gasteiger partial charge >= 0.3 is 0 Å². The topological polar surface area (TPSA) is 138 Å². The minimum absolute atomic E-state index is 0.0162. The van der Waals surface area contributed by atoms with Gasteiger partial charge in [-0.05, 0) is 87.7 Å². The van der Waals surface area contributed by atoms with E-state index in [4.69, 9.17) is 9.47 Å². The number of ether oxygens (including phenoxy) is 2. The first-order valence-electron chi connectivity index (χ1n) is 15.7. The van der Waals surface area contributed by atoms with Crippen LogP contribution in [0, 0.1) is 11.7 Å². The fourth-order valence-corrected chi connectivity index (χ4v) is 6.49. The normalized spacial score (nSPS) is 20.5. The largest absolute Gasteiger partial charge is 0.490 e. The number of nitrogens with one attached hydrogen (secondary N) is 1. The quantitative estimate of drug-likeness (QED) is 0.355. The summed E-state index contributed by atoms with van der Waals surface area (Å²) in [6.07, 6.45) is 4.31. The van der Waals surface area contributed by atoms with Gasteiger partial charge in [-0.25, -0.2) is 12.8 Å². The molecule has 254 valence electrons. The van der Waals surface area contributed by atoms with E-state index in [-0.39, 0.29) is 48.1 Å². The third-order valence-corrected chi connectivity index (χ3v) is 10.0. The van der Waals surface area contributed by atoms with Gasteiger partial charge in [-0.3, -0.25) is 14.6 Å². The molecule has 47 heavy (non-hydrogen) atoms. The molecule has 4 rings (SSSR count). The van der Waals surface area contributed by atoms with E-state index in [1.54, 1.807) is 37.3 Å². The third-order valence-electron chi connectivity index (χ3n) is 8.21. The first kappa shape index (κ1) is 35.9. The number of benzene rings is 2. The lowest BCUT2D eigenvalue weighted by Gasteiger charge is -2.35. The van der Waals surface area contributed by atoms with Crippen molar-refractivity contribution in [2.75, 3.05) is 38.7 Å². The molecule has 0 bridgehead atoms. The summed E-state index contributed by atoms with van der Waals surface area (Å²) in [7, 11) is -2.51. The second-order valence-corrected chi connectivity index (χ2v) is 14.0. The molecule has 0 radical (unpaired) electrons. The van der Waals surface area contributed by atoms with E-state index in [1.165, 1.54) is 40.8 Å². The number of nitrogens with zero attached hydrogens (tertiary/aromatic N) is 3. The van der Waals surface area contributed by atoms with Crippen LogP contribution in [0.1, 0.15) is 60.7 Å². The highest BCUT2D eigenvalue weighted by atomic mass is 32.2. The first-order valence-corrected chi connectivity index (χ1v) is 17.1. The number of sulfonamides is 1. The molecule has 2 aromatic carbocycles. The number of hydrogen-bond acceptors (Lipinski definition) is 8. The average Bonchev–Trinajstić information content (AvgIpc) is 3.06. The number of fused-ring (bicyclic) bond motifs is 1. The van der Waals surface area contributed by atoms with Gasteiger partial charge in [0.25, 0.3) is 11.8 Å². The summed E-state index contributed by atoms with van der Waals surface area (Å²) < 4.78 is 53.8. The van der Waals surface area contributed by atoms with Gasteiger partial charge in [0.1, 0.15) is 11.6 Å². The maximum Gasteiger partial charge on any atom is 0.258 e. The van der Waals surface area contributed by atoms with Crippen molar-refractivity contribution in [3.05, 3.63) is 83.9 Å². The zero-order chi connectivity index (χ0) is 34.1. The second-order valence-electron chi connectivity index (χ2n) is 11.9. The molecular formula is C34H43FN4O7S. The van der Waals surface area contributed by atoms with E-state index in [1.807, 2.05) is 13.8 Å². The summed E-state index contributed by atoms with van der Waals surface area (Å²) in [6, 6.07) is 12.1. The molecule has 13 heteroatoms. The zero-order valence-electron chi connectivity index (χ0n) is 27.1. The van der Waals surface area contributed by atoms with Gasteiger partial charge in [0.05, 0.1) is 35.3 Å². The predicted octanol–water partition coefficient (Wildman–Crippen LogP) is 4.59. The lowest BCUT2D eigenvalue weighted by Crippen LogP contribution is -2.48. The molecule has 0 saturated heterocycles. The molecule has 4 atom stereocenters. The maximum atomic E-state index is 14.3. The Labute approximate surface area is 275 Å². The Morgan fingerprint density at radius 2 is 1.83 bits per heavy atom. The van der Waals surface area contributed by atoms with Crippen LogP contribution in [-0.2, 0) is 14.8 Å². The molecular weight excluding hydrogens is 627 g/mol. The number of anilines is 1. The fraction of sp³-hybridized carbons (Fsp3) is 0.441. The Kier molecular flexibility index (Phi) is 12.4. The number of likely N-dealkylation sites (N-methyl/N-ethyl adjacent to an activating group) is 1. The van der Waals surface area contributed by atoms with E-state index >= 15 is 0 Å². The summed E-state index contributed by atoms with van der Waals surface area (Å²) in [4.78, 5) is 32.6. The lowest BCUT2D eigenvalue weighted by atomic mass is 10.0. The molecule has 0 fully saturated rings. The number of halogens is 1. The van der Waals surface area contributed by atoms with Gasteiger partial charge in [-0.1, -0.05) is 6.92 Å². The van der Waals surface area contributed by atoms with Crippen LogP contribution in [0.15, 0.2) is 71.9 Å². The molecule has 0 unspecified atom stereocenters. The Morgan fingerprint density at radius 3 is 2.51 bits per heavy atom. The predicted molar refractivity (Wildman–Crippen MR) is 175 cm³/mol. The van der Waals surface area contributed by atoms with Gasteiger partial charge in [-0.2, -0.15) is 4.31 Å². The van der Waals surface area contributed by atoms with Crippen molar-refractivity contribution in [1.82, 2.24) is 14.2 Å². The Morgan fingerprint density at radius 1 is 1.13 bits per heavy atom. The van der Waals surface area contributed by atoms with E-state index in [9.17, 15) is 27.5 Å². The van der Waals surface area contributed by atoms with Gasteiger partial charge in [0.15, 0.2) is 0 Å². The molecule has 0 aliphatic carbocycles. The van der Waals surface area contributed by atoms with Crippen molar-refractivity contribution in [3.63, 3.8) is 0 Å². The van der Waals surface area contributed by atoms with Gasteiger partial charge in [-0.15, -0.1) is 0 Å². The highest BCUT2D eigenvalue weighted by Gasteiger charge is 2.32. The maximum absolute atomic E-state index is 14.3. The van der Waals surface area contributed by atoms with E-state index in [0.29, 0.717) is 36.4 Å². The number of aliphatic hydroxyl groups excluding tert-OH is 1. The van der Waals surface area contributed by atoms with Crippen molar-refractivity contribution in [2.45, 2.75) is 63.2 Å². The third kappa shape index (κ3) is 9.34. The molecule has 1 aliphatic heterocycles. The number of pyridine rings is 1. The van der Waals surface area contributed by atoms with Crippen molar-refractivity contribution in [2.24, 2.45) is 5.92 Å². The minimum atomic E-state index is -3.96. The van der Waals surface area contributed by atoms with Crippen molar-refractivity contribution in [1.29, 1.82) is 0 Å². The zero-order valence-corrected chi connectivity index (χ0v) is 28.0. The van der Waals surface area contributed by atoms with Crippen LogP contribution in [0.2, 0.25) is 0 Å². The summed E-state index contributed by atoms with van der Waals surface area (Å²) in [5.41, 5.74) is 0.996. The molecule has 1 aromatic heterocycles. The van der Waals surface area contributed by atoms with Gasteiger partial charge < -0.3 is 24.8 Å². The van der Waals surface area contributed by atoms with Crippen LogP contribution in [0.3, 0.4) is 0 Å². The number of aromatic nitrogens is 1. The monoisotopic (exact) mass is 670 g/mol. The molecule has 11 nitrogen and oxygen atoms in total. The lowest BCUT2D eigenvalue weighted by molar-refractivity contribution is -0.00834. The molecule has 0 spiro atoms. The van der Waals surface area contributed by atoms with E-state index < -0.39 is 33.9 Å². The van der Waals surface area contributed by atoms with Crippen LogP contribution >= 0.6 is 0 Å². The van der Waals surface area contributed by atoms with Crippen LogP contribution < -0.4 is 10.1 Å². The minimum Gasteiger partial charge on any atom is -0.490 e. The van der Waals surface area contributed by atoms with Crippen molar-refractivity contribution in [3.8, 4) is 5.75 Å². The standard InChI is InChI=1S/C34H43FN4O7S/c1-23-20-39(24(2)22-40)34(42)30-19-28(37-33(41)26-14-16-36-17-15-26)10-13-31(30)46-25(3)7-5-6-18-45-32(23)21-38(4)47(43,44)29-11-8-27(35)9-12-29/h8-17,19,23-25,32,40H,5-7,18,20-22H2,1-4H3,(H,37,41)/t23-,24-,25+,32+/m0/s1. The van der Waals surface area contributed by atoms with E-state index in [2.05, 4.69) is 10.3 Å². The summed E-state index contributed by atoms with van der Waals surface area (Å²) >= 11 is 0. The number of rotatable bonds is 8. The SMILES string of the molecule is C[C@@H]1CCCCO[C@H](CN(C)S(=O)(=O)c2ccc(F)cc2)[C@@H](C)CN([C@@H](C)CO)C(=O)c2cc(NC(=O)c3ccncc3)ccc2O1. The molecule has 2 N–H and O–H groups in total. The Hall–Kier alpha value is -3.91. The van der Waals surface area contributed by atoms with Crippen molar-refractivity contribution < 1.29 is 37.0 Å². The molecule has 3 aromatic rings. The number of hydrogen-bond donors (Lipinski definition) is 2. The molecule has 2 heterocycles. The fourth-order valence-electron chi connectivity index (χ4n) is 5.31. The van der Waals surface area contributed by atoms with Crippen LogP contribution in [0.4, 0.5) is 10.1 Å². The number of carbonyl (C=O) groups is 2.